The second-order valence-corrected chi connectivity index (χ2v) is 9.03. The van der Waals surface area contributed by atoms with Gasteiger partial charge in [-0.15, -0.1) is 0 Å². The first-order chi connectivity index (χ1) is 16.8. The number of carbonyl (C=O) groups excluding carboxylic acids is 1. The Balaban J connectivity index is 1.57. The minimum Gasteiger partial charge on any atom is -0.381 e. The first kappa shape index (κ1) is 26.0. The molecule has 194 valence electrons. The van der Waals surface area contributed by atoms with Crippen molar-refractivity contribution in [2.24, 2.45) is 5.16 Å². The van der Waals surface area contributed by atoms with Crippen LogP contribution in [0.1, 0.15) is 60.0 Å². The molecule has 0 spiro atoms. The maximum Gasteiger partial charge on any atom is 0.435 e. The van der Waals surface area contributed by atoms with Gasteiger partial charge < -0.3 is 14.9 Å². The molecule has 1 amide bonds. The lowest BCUT2D eigenvalue weighted by molar-refractivity contribution is -0.276. The largest absolute Gasteiger partial charge is 0.435 e. The third kappa shape index (κ3) is 4.93. The van der Waals surface area contributed by atoms with Gasteiger partial charge in [0.05, 0.1) is 29.8 Å². The standard InChI is InChI=1S/C25H24F6N2O3/c1-14(35-2)10-22(34)32-20-9-7-15-11-16(6-8-19(15)20)21-13-23(36-33-21,25(29,30)31)17-4-3-5-18(12-17)24(26,27)28/h3-6,8,11-12,14,20H,7,9-10,13H2,1-2H3,(H,32,34). The predicted molar refractivity (Wildman–Crippen MR) is 118 cm³/mol. The van der Waals surface area contributed by atoms with Gasteiger partial charge in [-0.2, -0.15) is 26.3 Å². The summed E-state index contributed by atoms with van der Waals surface area (Å²) in [7, 11) is 1.51. The molecule has 0 aromatic heterocycles. The van der Waals surface area contributed by atoms with Crippen LogP contribution in [0.4, 0.5) is 26.3 Å². The maximum atomic E-state index is 14.2. The molecule has 3 unspecified atom stereocenters. The second-order valence-electron chi connectivity index (χ2n) is 9.03. The predicted octanol–water partition coefficient (Wildman–Crippen LogP) is 5.82. The van der Waals surface area contributed by atoms with Crippen molar-refractivity contribution in [1.82, 2.24) is 5.32 Å². The van der Waals surface area contributed by atoms with Crippen molar-refractivity contribution in [2.75, 3.05) is 7.11 Å². The first-order valence-corrected chi connectivity index (χ1v) is 11.3. The van der Waals surface area contributed by atoms with Gasteiger partial charge in [-0.25, -0.2) is 0 Å². The molecule has 2 aromatic rings. The average molecular weight is 514 g/mol. The summed E-state index contributed by atoms with van der Waals surface area (Å²) in [6.45, 7) is 1.78. The van der Waals surface area contributed by atoms with Crippen molar-refractivity contribution in [3.63, 3.8) is 0 Å². The number of hydrogen-bond acceptors (Lipinski definition) is 4. The van der Waals surface area contributed by atoms with Gasteiger partial charge in [0.15, 0.2) is 0 Å². The van der Waals surface area contributed by atoms with Gasteiger partial charge in [0.1, 0.15) is 0 Å². The van der Waals surface area contributed by atoms with E-state index in [1.54, 1.807) is 25.1 Å². The Morgan fingerprint density at radius 1 is 1.19 bits per heavy atom. The van der Waals surface area contributed by atoms with Crippen LogP contribution in [-0.2, 0) is 32.6 Å². The van der Waals surface area contributed by atoms with Gasteiger partial charge in [0.2, 0.25) is 5.91 Å². The first-order valence-electron chi connectivity index (χ1n) is 11.3. The Hall–Kier alpha value is -3.08. The smallest absolute Gasteiger partial charge is 0.381 e. The Morgan fingerprint density at radius 2 is 1.94 bits per heavy atom. The monoisotopic (exact) mass is 514 g/mol. The Labute approximate surface area is 203 Å². The summed E-state index contributed by atoms with van der Waals surface area (Å²) in [6.07, 6.45) is -9.41. The average Bonchev–Trinajstić information content (AvgIpc) is 3.44. The van der Waals surface area contributed by atoms with Gasteiger partial charge in [-0.3, -0.25) is 4.79 Å². The third-order valence-corrected chi connectivity index (χ3v) is 6.61. The topological polar surface area (TPSA) is 59.9 Å². The summed E-state index contributed by atoms with van der Waals surface area (Å²) in [5, 5.41) is 6.61. The lowest BCUT2D eigenvalue weighted by atomic mass is 9.85. The van der Waals surface area contributed by atoms with E-state index in [2.05, 4.69) is 10.5 Å². The minimum absolute atomic E-state index is 0.0195. The Morgan fingerprint density at radius 3 is 2.61 bits per heavy atom. The van der Waals surface area contributed by atoms with Crippen molar-refractivity contribution in [1.29, 1.82) is 0 Å². The maximum absolute atomic E-state index is 14.2. The van der Waals surface area contributed by atoms with E-state index in [0.29, 0.717) is 30.5 Å². The van der Waals surface area contributed by atoms with Crippen molar-refractivity contribution in [3.05, 3.63) is 70.3 Å². The van der Waals surface area contributed by atoms with E-state index < -0.39 is 35.5 Å². The van der Waals surface area contributed by atoms with Gasteiger partial charge in [0, 0.05) is 19.1 Å². The van der Waals surface area contributed by atoms with Crippen molar-refractivity contribution < 1.29 is 40.7 Å². The molecule has 1 heterocycles. The number of methoxy groups -OCH3 is 1. The Kier molecular flexibility index (Phi) is 6.80. The highest BCUT2D eigenvalue weighted by atomic mass is 19.4. The normalized spacial score (nSPS) is 22.6. The number of amides is 1. The fraction of sp³-hybridized carbons (Fsp3) is 0.440. The van der Waals surface area contributed by atoms with Crippen LogP contribution < -0.4 is 5.32 Å². The lowest BCUT2D eigenvalue weighted by Gasteiger charge is -2.30. The summed E-state index contributed by atoms with van der Waals surface area (Å²) >= 11 is 0. The van der Waals surface area contributed by atoms with Crippen LogP contribution in [0.2, 0.25) is 0 Å². The van der Waals surface area contributed by atoms with Crippen LogP contribution in [0, 0.1) is 0 Å². The summed E-state index contributed by atoms with van der Waals surface area (Å²) in [4.78, 5) is 17.1. The van der Waals surface area contributed by atoms with Crippen LogP contribution >= 0.6 is 0 Å². The summed E-state index contributed by atoms with van der Waals surface area (Å²) in [5.74, 6) is -0.170. The number of nitrogens with zero attached hydrogens (tertiary/aromatic N) is 1. The highest BCUT2D eigenvalue weighted by Gasteiger charge is 2.62. The number of rotatable bonds is 6. The van der Waals surface area contributed by atoms with Crippen molar-refractivity contribution in [2.45, 2.75) is 62.7 Å². The molecule has 36 heavy (non-hydrogen) atoms. The van der Waals surface area contributed by atoms with E-state index >= 15 is 0 Å². The molecule has 0 fully saturated rings. The molecule has 4 rings (SSSR count). The third-order valence-electron chi connectivity index (χ3n) is 6.61. The van der Waals surface area contributed by atoms with Crippen LogP contribution in [0.3, 0.4) is 0 Å². The number of nitrogens with one attached hydrogen (secondary N) is 1. The molecule has 2 aromatic carbocycles. The number of benzene rings is 2. The highest BCUT2D eigenvalue weighted by molar-refractivity contribution is 6.02. The molecule has 1 aliphatic carbocycles. The van der Waals surface area contributed by atoms with Gasteiger partial charge in [0.25, 0.3) is 5.60 Å². The minimum atomic E-state index is -5.02. The number of alkyl halides is 6. The summed E-state index contributed by atoms with van der Waals surface area (Å²) in [6, 6.07) is 7.81. The zero-order valence-corrected chi connectivity index (χ0v) is 19.5. The zero-order chi connectivity index (χ0) is 26.3. The number of fused-ring (bicyclic) bond motifs is 1. The van der Waals surface area contributed by atoms with Crippen LogP contribution in [0.5, 0.6) is 0 Å². The number of hydrogen-bond donors (Lipinski definition) is 1. The second kappa shape index (κ2) is 9.42. The van der Waals surface area contributed by atoms with E-state index in [1.807, 2.05) is 0 Å². The number of oxime groups is 1. The van der Waals surface area contributed by atoms with E-state index in [0.717, 1.165) is 23.3 Å². The number of ether oxygens (including phenoxy) is 1. The SMILES string of the molecule is COC(C)CC(=O)NC1CCc2cc(C3=NOC(c4cccc(C(F)(F)F)c4)(C(F)(F)F)C3)ccc21. The van der Waals surface area contributed by atoms with Crippen molar-refractivity contribution in [3.8, 4) is 0 Å². The summed E-state index contributed by atoms with van der Waals surface area (Å²) in [5.41, 5.74) is -2.83. The van der Waals surface area contributed by atoms with Crippen molar-refractivity contribution >= 4 is 11.6 Å². The van der Waals surface area contributed by atoms with E-state index in [9.17, 15) is 31.1 Å². The highest BCUT2D eigenvalue weighted by Crippen LogP contribution is 2.49. The van der Waals surface area contributed by atoms with Crippen LogP contribution in [0.25, 0.3) is 0 Å². The van der Waals surface area contributed by atoms with Gasteiger partial charge >= 0.3 is 12.4 Å². The number of carbonyl (C=O) groups is 1. The van der Waals surface area contributed by atoms with E-state index in [-0.39, 0.29) is 30.2 Å². The lowest BCUT2D eigenvalue weighted by Crippen LogP contribution is -2.42. The fourth-order valence-electron chi connectivity index (χ4n) is 4.55. The summed E-state index contributed by atoms with van der Waals surface area (Å²) < 4.78 is 87.2. The van der Waals surface area contributed by atoms with Gasteiger partial charge in [-0.05, 0) is 54.7 Å². The van der Waals surface area contributed by atoms with E-state index in [1.165, 1.54) is 7.11 Å². The molecular weight excluding hydrogens is 490 g/mol. The Bertz CT molecular complexity index is 1180. The molecular formula is C25H24F6N2O3. The molecule has 11 heteroatoms. The molecule has 1 aliphatic heterocycles. The fourth-order valence-corrected chi connectivity index (χ4v) is 4.55. The zero-order valence-electron chi connectivity index (χ0n) is 19.5. The number of halogens is 6. The molecule has 0 saturated heterocycles. The molecule has 0 radical (unpaired) electrons. The molecule has 0 saturated carbocycles. The molecule has 5 nitrogen and oxygen atoms in total. The van der Waals surface area contributed by atoms with E-state index in [4.69, 9.17) is 9.57 Å². The quantitative estimate of drug-likeness (QED) is 0.495. The number of aryl methyl sites for hydroxylation is 1. The van der Waals surface area contributed by atoms with Crippen LogP contribution in [-0.4, -0.2) is 31.0 Å². The van der Waals surface area contributed by atoms with Crippen LogP contribution in [0.15, 0.2) is 47.6 Å². The molecule has 2 aliphatic rings. The molecule has 0 bridgehead atoms. The molecule has 1 N–H and O–H groups in total. The molecule has 3 atom stereocenters. The van der Waals surface area contributed by atoms with Gasteiger partial charge in [-0.1, -0.05) is 29.4 Å².